The molecule has 0 bridgehead atoms. The molecule has 0 aliphatic carbocycles. The number of esters is 2. The van der Waals surface area contributed by atoms with Crippen molar-refractivity contribution >= 4 is 30.7 Å². The number of carbonyl (C=O) groups excluding carboxylic acids is 3. The van der Waals surface area contributed by atoms with Crippen molar-refractivity contribution in [1.82, 2.24) is 5.32 Å². The van der Waals surface area contributed by atoms with Crippen molar-refractivity contribution in [2.75, 3.05) is 39.2 Å². The summed E-state index contributed by atoms with van der Waals surface area (Å²) in [7, 11) is 1.46. The van der Waals surface area contributed by atoms with Gasteiger partial charge in [0.15, 0.2) is 12.7 Å². The van der Waals surface area contributed by atoms with Gasteiger partial charge >= 0.3 is 18.0 Å². The highest BCUT2D eigenvalue weighted by Gasteiger charge is 2.20. The van der Waals surface area contributed by atoms with E-state index in [1.165, 1.54) is 14.0 Å². The predicted molar refractivity (Wildman–Crippen MR) is 71.6 cm³/mol. The number of carbonyl (C=O) groups is 3. The zero-order valence-electron chi connectivity index (χ0n) is 11.4. The van der Waals surface area contributed by atoms with Gasteiger partial charge in [0.05, 0.1) is 6.61 Å². The third-order valence-electron chi connectivity index (χ3n) is 1.88. The monoisotopic (exact) mass is 309 g/mol. The lowest BCUT2D eigenvalue weighted by Crippen LogP contribution is -2.34. The summed E-state index contributed by atoms with van der Waals surface area (Å²) in [5.74, 6) is -1.10. The molecule has 0 aliphatic rings. The molecule has 0 rings (SSSR count). The van der Waals surface area contributed by atoms with Crippen LogP contribution in [0.3, 0.4) is 0 Å². The van der Waals surface area contributed by atoms with Crippen LogP contribution in [0.15, 0.2) is 0 Å². The standard InChI is InChI=1S/C11H19NO7S/c1-8(19-11(15)12-3-6-20)10(14)18-7-9(13)17-5-4-16-2/h8,20H,3-7H2,1-2H3,(H,12,15). The van der Waals surface area contributed by atoms with Gasteiger partial charge in [0.25, 0.3) is 0 Å². The molecule has 0 aromatic rings. The van der Waals surface area contributed by atoms with E-state index in [0.29, 0.717) is 12.3 Å². The highest BCUT2D eigenvalue weighted by molar-refractivity contribution is 7.80. The lowest BCUT2D eigenvalue weighted by Gasteiger charge is -2.12. The van der Waals surface area contributed by atoms with Gasteiger partial charge in [0.2, 0.25) is 0 Å². The molecule has 0 aromatic carbocycles. The number of ether oxygens (including phenoxy) is 4. The highest BCUT2D eigenvalue weighted by atomic mass is 32.1. The fraction of sp³-hybridized carbons (Fsp3) is 0.727. The van der Waals surface area contributed by atoms with Crippen LogP contribution in [0, 0.1) is 0 Å². The van der Waals surface area contributed by atoms with Crippen LogP contribution in [0.25, 0.3) is 0 Å². The Morgan fingerprint density at radius 2 is 1.90 bits per heavy atom. The van der Waals surface area contributed by atoms with E-state index in [4.69, 9.17) is 4.74 Å². The third-order valence-corrected chi connectivity index (χ3v) is 2.10. The normalized spacial score (nSPS) is 11.3. The maximum Gasteiger partial charge on any atom is 0.408 e. The van der Waals surface area contributed by atoms with E-state index in [-0.39, 0.29) is 13.2 Å². The summed E-state index contributed by atoms with van der Waals surface area (Å²) >= 11 is 3.90. The fourth-order valence-electron chi connectivity index (χ4n) is 0.936. The Morgan fingerprint density at radius 1 is 1.20 bits per heavy atom. The summed E-state index contributed by atoms with van der Waals surface area (Å²) in [6, 6.07) is 0. The summed E-state index contributed by atoms with van der Waals surface area (Å²) < 4.78 is 18.7. The van der Waals surface area contributed by atoms with Gasteiger partial charge in [-0.05, 0) is 6.92 Å². The lowest BCUT2D eigenvalue weighted by atomic mass is 10.4. The van der Waals surface area contributed by atoms with Crippen molar-refractivity contribution in [1.29, 1.82) is 0 Å². The first-order valence-corrected chi connectivity index (χ1v) is 6.51. The number of hydrogen-bond donors (Lipinski definition) is 2. The van der Waals surface area contributed by atoms with Crippen LogP contribution in [0.1, 0.15) is 6.92 Å². The van der Waals surface area contributed by atoms with E-state index < -0.39 is 30.7 Å². The van der Waals surface area contributed by atoms with Crippen molar-refractivity contribution < 1.29 is 33.3 Å². The average Bonchev–Trinajstić information content (AvgIpc) is 2.42. The molecule has 1 N–H and O–H groups in total. The fourth-order valence-corrected chi connectivity index (χ4v) is 1.05. The molecule has 0 radical (unpaired) electrons. The SMILES string of the molecule is COCCOC(=O)COC(=O)C(C)OC(=O)NCCS. The highest BCUT2D eigenvalue weighted by Crippen LogP contribution is 1.96. The van der Waals surface area contributed by atoms with Crippen LogP contribution in [-0.2, 0) is 28.5 Å². The molecule has 0 spiro atoms. The molecule has 20 heavy (non-hydrogen) atoms. The van der Waals surface area contributed by atoms with Gasteiger partial charge in [-0.2, -0.15) is 12.6 Å². The van der Waals surface area contributed by atoms with Crippen molar-refractivity contribution in [2.45, 2.75) is 13.0 Å². The topological polar surface area (TPSA) is 100 Å². The van der Waals surface area contributed by atoms with E-state index in [1.54, 1.807) is 0 Å². The molecule has 1 amide bonds. The van der Waals surface area contributed by atoms with Gasteiger partial charge in [0.1, 0.15) is 6.61 Å². The number of amides is 1. The second kappa shape index (κ2) is 11.4. The lowest BCUT2D eigenvalue weighted by molar-refractivity contribution is -0.164. The molecule has 9 heteroatoms. The minimum atomic E-state index is -1.12. The molecule has 0 saturated carbocycles. The first-order valence-electron chi connectivity index (χ1n) is 5.87. The minimum Gasteiger partial charge on any atom is -0.461 e. The van der Waals surface area contributed by atoms with Crippen molar-refractivity contribution in [2.24, 2.45) is 0 Å². The van der Waals surface area contributed by atoms with Crippen molar-refractivity contribution in [3.8, 4) is 0 Å². The Bertz CT molecular complexity index is 324. The zero-order chi connectivity index (χ0) is 15.4. The van der Waals surface area contributed by atoms with Crippen LogP contribution >= 0.6 is 12.6 Å². The molecular formula is C11H19NO7S. The molecule has 0 fully saturated rings. The Morgan fingerprint density at radius 3 is 2.50 bits per heavy atom. The summed E-state index contributed by atoms with van der Waals surface area (Å²) in [6.07, 6.45) is -1.88. The maximum absolute atomic E-state index is 11.4. The Kier molecular flexibility index (Phi) is 10.5. The molecule has 116 valence electrons. The molecule has 0 aliphatic heterocycles. The summed E-state index contributed by atoms with van der Waals surface area (Å²) in [6.45, 7) is 1.43. The Balaban J connectivity index is 3.84. The van der Waals surface area contributed by atoms with Crippen LogP contribution in [0.5, 0.6) is 0 Å². The zero-order valence-corrected chi connectivity index (χ0v) is 12.3. The van der Waals surface area contributed by atoms with Gasteiger partial charge in [-0.25, -0.2) is 14.4 Å². The van der Waals surface area contributed by atoms with E-state index in [1.807, 2.05) is 0 Å². The van der Waals surface area contributed by atoms with Crippen LogP contribution in [-0.4, -0.2) is 63.4 Å². The number of thiol groups is 1. The maximum atomic E-state index is 11.4. The van der Waals surface area contributed by atoms with Crippen LogP contribution < -0.4 is 5.32 Å². The number of rotatable bonds is 9. The molecule has 1 unspecified atom stereocenters. The van der Waals surface area contributed by atoms with Gasteiger partial charge in [-0.1, -0.05) is 0 Å². The minimum absolute atomic E-state index is 0.0745. The molecule has 0 aromatic heterocycles. The van der Waals surface area contributed by atoms with E-state index in [0.717, 1.165) is 0 Å². The van der Waals surface area contributed by atoms with Crippen LogP contribution in [0.2, 0.25) is 0 Å². The summed E-state index contributed by atoms with van der Waals surface area (Å²) in [5.41, 5.74) is 0. The van der Waals surface area contributed by atoms with E-state index in [9.17, 15) is 14.4 Å². The Hall–Kier alpha value is -1.48. The molecule has 1 atom stereocenters. The molecule has 0 saturated heterocycles. The second-order valence-electron chi connectivity index (χ2n) is 3.52. The molecular weight excluding hydrogens is 290 g/mol. The summed E-state index contributed by atoms with van der Waals surface area (Å²) in [4.78, 5) is 33.7. The molecule has 0 heterocycles. The smallest absolute Gasteiger partial charge is 0.408 e. The van der Waals surface area contributed by atoms with Gasteiger partial charge in [-0.15, -0.1) is 0 Å². The predicted octanol–water partition coefficient (Wildman–Crippen LogP) is -0.236. The number of nitrogens with one attached hydrogen (secondary N) is 1. The van der Waals surface area contributed by atoms with Crippen molar-refractivity contribution in [3.05, 3.63) is 0 Å². The largest absolute Gasteiger partial charge is 0.461 e. The van der Waals surface area contributed by atoms with Gasteiger partial charge in [0, 0.05) is 19.4 Å². The quantitative estimate of drug-likeness (QED) is 0.262. The first-order chi connectivity index (χ1) is 9.51. The first kappa shape index (κ1) is 18.5. The van der Waals surface area contributed by atoms with E-state index >= 15 is 0 Å². The molecule has 8 nitrogen and oxygen atoms in total. The second-order valence-corrected chi connectivity index (χ2v) is 3.97. The number of methoxy groups -OCH3 is 1. The van der Waals surface area contributed by atoms with E-state index in [2.05, 4.69) is 32.2 Å². The van der Waals surface area contributed by atoms with Gasteiger partial charge in [-0.3, -0.25) is 0 Å². The summed E-state index contributed by atoms with van der Waals surface area (Å²) in [5, 5.41) is 2.37. The Labute approximate surface area is 122 Å². The van der Waals surface area contributed by atoms with Crippen LogP contribution in [0.4, 0.5) is 4.79 Å². The third kappa shape index (κ3) is 9.45. The average molecular weight is 309 g/mol. The van der Waals surface area contributed by atoms with Crippen molar-refractivity contribution in [3.63, 3.8) is 0 Å². The van der Waals surface area contributed by atoms with Gasteiger partial charge < -0.3 is 24.3 Å². The number of hydrogen-bond acceptors (Lipinski definition) is 8. The number of alkyl carbamates (subject to hydrolysis) is 1.